The molecule has 1 unspecified atom stereocenters. The van der Waals surface area contributed by atoms with E-state index in [4.69, 9.17) is 0 Å². The SMILES string of the molecule is CNC(C)c1ccc(F)c(-c2c(F)cccc2F)c1. The fourth-order valence-electron chi connectivity index (χ4n) is 1.93. The standard InChI is InChI=1S/C15H14F3N/c1-9(19-2)10-6-7-12(16)11(8-10)15-13(17)4-3-5-14(15)18/h3-9,19H,1-2H3. The molecule has 2 aromatic carbocycles. The average molecular weight is 265 g/mol. The Hall–Kier alpha value is -1.81. The van der Waals surface area contributed by atoms with E-state index in [1.54, 1.807) is 13.1 Å². The Labute approximate surface area is 110 Å². The van der Waals surface area contributed by atoms with Crippen LogP contribution in [-0.4, -0.2) is 7.05 Å². The third-order valence-electron chi connectivity index (χ3n) is 3.16. The van der Waals surface area contributed by atoms with Crippen molar-refractivity contribution in [2.45, 2.75) is 13.0 Å². The van der Waals surface area contributed by atoms with E-state index < -0.39 is 17.5 Å². The summed E-state index contributed by atoms with van der Waals surface area (Å²) in [6.07, 6.45) is 0. The molecule has 2 rings (SSSR count). The maximum absolute atomic E-state index is 13.8. The third kappa shape index (κ3) is 2.63. The van der Waals surface area contributed by atoms with Crippen LogP contribution in [0.4, 0.5) is 13.2 Å². The van der Waals surface area contributed by atoms with Gasteiger partial charge >= 0.3 is 0 Å². The lowest BCUT2D eigenvalue weighted by Crippen LogP contribution is -2.12. The number of hydrogen-bond acceptors (Lipinski definition) is 1. The van der Waals surface area contributed by atoms with Gasteiger partial charge in [-0.15, -0.1) is 0 Å². The molecule has 0 fully saturated rings. The summed E-state index contributed by atoms with van der Waals surface area (Å²) in [6.45, 7) is 1.88. The fourth-order valence-corrected chi connectivity index (χ4v) is 1.93. The van der Waals surface area contributed by atoms with Crippen LogP contribution in [0.5, 0.6) is 0 Å². The molecular weight excluding hydrogens is 251 g/mol. The predicted octanol–water partition coefficient (Wildman–Crippen LogP) is 4.05. The van der Waals surface area contributed by atoms with Crippen molar-refractivity contribution in [1.82, 2.24) is 5.32 Å². The average Bonchev–Trinajstić information content (AvgIpc) is 2.39. The van der Waals surface area contributed by atoms with Crippen molar-refractivity contribution in [3.8, 4) is 11.1 Å². The molecular formula is C15H14F3N. The van der Waals surface area contributed by atoms with Crippen LogP contribution in [0.2, 0.25) is 0 Å². The third-order valence-corrected chi connectivity index (χ3v) is 3.16. The van der Waals surface area contributed by atoms with Crippen molar-refractivity contribution >= 4 is 0 Å². The summed E-state index contributed by atoms with van der Waals surface area (Å²) in [4.78, 5) is 0. The van der Waals surface area contributed by atoms with Gasteiger partial charge in [0.25, 0.3) is 0 Å². The number of hydrogen-bond donors (Lipinski definition) is 1. The molecule has 100 valence electrons. The first-order chi connectivity index (χ1) is 9.04. The first-order valence-electron chi connectivity index (χ1n) is 5.95. The molecule has 0 spiro atoms. The first kappa shape index (κ1) is 13.6. The largest absolute Gasteiger partial charge is 0.313 e. The van der Waals surface area contributed by atoms with Gasteiger partial charge in [0.05, 0.1) is 5.56 Å². The Kier molecular flexibility index (Phi) is 3.90. The summed E-state index contributed by atoms with van der Waals surface area (Å²) in [5, 5.41) is 3.00. The van der Waals surface area contributed by atoms with Crippen LogP contribution in [0.3, 0.4) is 0 Å². The van der Waals surface area contributed by atoms with Gasteiger partial charge in [-0.05, 0) is 43.8 Å². The molecule has 1 nitrogen and oxygen atoms in total. The lowest BCUT2D eigenvalue weighted by molar-refractivity contribution is 0.580. The van der Waals surface area contributed by atoms with Gasteiger partial charge in [0.15, 0.2) is 0 Å². The van der Waals surface area contributed by atoms with Crippen LogP contribution in [-0.2, 0) is 0 Å². The predicted molar refractivity (Wildman–Crippen MR) is 69.2 cm³/mol. The van der Waals surface area contributed by atoms with E-state index in [9.17, 15) is 13.2 Å². The number of nitrogens with one attached hydrogen (secondary N) is 1. The molecule has 0 saturated heterocycles. The minimum absolute atomic E-state index is 0.0332. The highest BCUT2D eigenvalue weighted by atomic mass is 19.1. The van der Waals surface area contributed by atoms with E-state index in [2.05, 4.69) is 5.32 Å². The number of halogens is 3. The molecule has 0 heterocycles. The maximum Gasteiger partial charge on any atom is 0.134 e. The second-order valence-corrected chi connectivity index (χ2v) is 4.35. The smallest absolute Gasteiger partial charge is 0.134 e. The molecule has 4 heteroatoms. The summed E-state index contributed by atoms with van der Waals surface area (Å²) >= 11 is 0. The monoisotopic (exact) mass is 265 g/mol. The highest BCUT2D eigenvalue weighted by Gasteiger charge is 2.16. The fraction of sp³-hybridized carbons (Fsp3) is 0.200. The van der Waals surface area contributed by atoms with Crippen molar-refractivity contribution in [3.05, 3.63) is 59.4 Å². The quantitative estimate of drug-likeness (QED) is 0.882. The summed E-state index contributed by atoms with van der Waals surface area (Å²) in [6, 6.07) is 7.75. The van der Waals surface area contributed by atoms with E-state index in [0.29, 0.717) is 0 Å². The van der Waals surface area contributed by atoms with Crippen molar-refractivity contribution < 1.29 is 13.2 Å². The summed E-state index contributed by atoms with van der Waals surface area (Å²) in [7, 11) is 1.76. The molecule has 0 aliphatic carbocycles. The van der Waals surface area contributed by atoms with Gasteiger partial charge in [0.2, 0.25) is 0 Å². The lowest BCUT2D eigenvalue weighted by atomic mass is 9.98. The molecule has 0 bridgehead atoms. The van der Waals surface area contributed by atoms with E-state index >= 15 is 0 Å². The Bertz CT molecular complexity index is 576. The minimum atomic E-state index is -0.770. The molecule has 0 radical (unpaired) electrons. The summed E-state index contributed by atoms with van der Waals surface area (Å²) in [5.41, 5.74) is 0.377. The zero-order valence-corrected chi connectivity index (χ0v) is 10.7. The highest BCUT2D eigenvalue weighted by Crippen LogP contribution is 2.30. The van der Waals surface area contributed by atoms with Gasteiger partial charge in [-0.1, -0.05) is 12.1 Å². The van der Waals surface area contributed by atoms with Crippen LogP contribution in [0.1, 0.15) is 18.5 Å². The zero-order valence-electron chi connectivity index (χ0n) is 10.7. The van der Waals surface area contributed by atoms with Crippen LogP contribution in [0.15, 0.2) is 36.4 Å². The van der Waals surface area contributed by atoms with E-state index in [-0.39, 0.29) is 17.2 Å². The molecule has 19 heavy (non-hydrogen) atoms. The Morgan fingerprint density at radius 3 is 2.16 bits per heavy atom. The topological polar surface area (TPSA) is 12.0 Å². The summed E-state index contributed by atoms with van der Waals surface area (Å²) < 4.78 is 41.2. The van der Waals surface area contributed by atoms with E-state index in [1.165, 1.54) is 18.2 Å². The minimum Gasteiger partial charge on any atom is -0.313 e. The van der Waals surface area contributed by atoms with Gasteiger partial charge in [-0.2, -0.15) is 0 Å². The maximum atomic E-state index is 13.8. The summed E-state index contributed by atoms with van der Waals surface area (Å²) in [5.74, 6) is -2.18. The van der Waals surface area contributed by atoms with Crippen LogP contribution >= 0.6 is 0 Å². The van der Waals surface area contributed by atoms with Crippen molar-refractivity contribution in [3.63, 3.8) is 0 Å². The second kappa shape index (κ2) is 5.45. The van der Waals surface area contributed by atoms with E-state index in [1.807, 2.05) is 6.92 Å². The number of rotatable bonds is 3. The van der Waals surface area contributed by atoms with Crippen molar-refractivity contribution in [2.24, 2.45) is 0 Å². The molecule has 2 aromatic rings. The van der Waals surface area contributed by atoms with Gasteiger partial charge in [0.1, 0.15) is 17.5 Å². The molecule has 0 aromatic heterocycles. The molecule has 0 aliphatic rings. The Balaban J connectivity index is 2.61. The van der Waals surface area contributed by atoms with Crippen molar-refractivity contribution in [2.75, 3.05) is 7.05 Å². The number of benzene rings is 2. The van der Waals surface area contributed by atoms with Gasteiger partial charge in [-0.3, -0.25) is 0 Å². The lowest BCUT2D eigenvalue weighted by Gasteiger charge is -2.13. The van der Waals surface area contributed by atoms with E-state index in [0.717, 1.165) is 17.7 Å². The zero-order chi connectivity index (χ0) is 14.0. The van der Waals surface area contributed by atoms with Crippen LogP contribution in [0, 0.1) is 17.5 Å². The molecule has 0 saturated carbocycles. The second-order valence-electron chi connectivity index (χ2n) is 4.35. The van der Waals surface area contributed by atoms with Crippen LogP contribution < -0.4 is 5.32 Å². The highest BCUT2D eigenvalue weighted by molar-refractivity contribution is 5.66. The van der Waals surface area contributed by atoms with Gasteiger partial charge < -0.3 is 5.32 Å². The van der Waals surface area contributed by atoms with Gasteiger partial charge in [-0.25, -0.2) is 13.2 Å². The first-order valence-corrected chi connectivity index (χ1v) is 5.95. The molecule has 0 amide bonds. The molecule has 1 N–H and O–H groups in total. The molecule has 1 atom stereocenters. The molecule has 0 aliphatic heterocycles. The normalized spacial score (nSPS) is 12.5. The van der Waals surface area contributed by atoms with Crippen molar-refractivity contribution in [1.29, 1.82) is 0 Å². The Morgan fingerprint density at radius 2 is 1.58 bits per heavy atom. The van der Waals surface area contributed by atoms with Gasteiger partial charge in [0, 0.05) is 11.6 Å². The van der Waals surface area contributed by atoms with Crippen LogP contribution in [0.25, 0.3) is 11.1 Å². The Morgan fingerprint density at radius 1 is 0.947 bits per heavy atom.